The summed E-state index contributed by atoms with van der Waals surface area (Å²) in [5.74, 6) is 0.871. The Bertz CT molecular complexity index is 680. The zero-order valence-electron chi connectivity index (χ0n) is 14.7. The van der Waals surface area contributed by atoms with Gasteiger partial charge in [-0.3, -0.25) is 9.88 Å². The second-order valence-electron chi connectivity index (χ2n) is 7.20. The molecule has 4 rings (SSSR count). The second-order valence-corrected chi connectivity index (χ2v) is 7.20. The van der Waals surface area contributed by atoms with Crippen molar-refractivity contribution in [2.45, 2.75) is 51.0 Å². The lowest BCUT2D eigenvalue weighted by Crippen LogP contribution is -2.44. The minimum absolute atomic E-state index is 0.00412. The molecule has 0 aliphatic carbocycles. The van der Waals surface area contributed by atoms with Gasteiger partial charge in [0.15, 0.2) is 0 Å². The van der Waals surface area contributed by atoms with E-state index in [1.807, 2.05) is 31.3 Å². The van der Waals surface area contributed by atoms with E-state index in [2.05, 4.69) is 15.0 Å². The molecule has 2 saturated heterocycles. The van der Waals surface area contributed by atoms with Gasteiger partial charge < -0.3 is 14.0 Å². The molecule has 6 nitrogen and oxygen atoms in total. The van der Waals surface area contributed by atoms with Crippen LogP contribution >= 0.6 is 0 Å². The van der Waals surface area contributed by atoms with Crippen molar-refractivity contribution in [3.05, 3.63) is 47.6 Å². The van der Waals surface area contributed by atoms with E-state index in [9.17, 15) is 0 Å². The van der Waals surface area contributed by atoms with Crippen LogP contribution in [-0.2, 0) is 22.6 Å². The van der Waals surface area contributed by atoms with Crippen LogP contribution in [0.1, 0.15) is 36.3 Å². The van der Waals surface area contributed by atoms with Gasteiger partial charge in [0.1, 0.15) is 5.76 Å². The van der Waals surface area contributed by atoms with Crippen molar-refractivity contribution in [3.63, 3.8) is 0 Å². The van der Waals surface area contributed by atoms with E-state index in [4.69, 9.17) is 14.0 Å². The fraction of sp³-hybridized carbons (Fsp3) is 0.579. The molecular formula is C19H25N3O3. The van der Waals surface area contributed by atoms with Gasteiger partial charge in [0.05, 0.1) is 30.6 Å². The van der Waals surface area contributed by atoms with Crippen LogP contribution in [0.25, 0.3) is 0 Å². The molecule has 2 aromatic rings. The van der Waals surface area contributed by atoms with Crippen molar-refractivity contribution < 1.29 is 14.0 Å². The Morgan fingerprint density at radius 1 is 1.36 bits per heavy atom. The van der Waals surface area contributed by atoms with Crippen LogP contribution in [0, 0.1) is 6.92 Å². The number of ether oxygens (including phenoxy) is 2. The van der Waals surface area contributed by atoms with Crippen LogP contribution < -0.4 is 0 Å². The highest BCUT2D eigenvalue weighted by molar-refractivity contribution is 5.07. The van der Waals surface area contributed by atoms with Crippen LogP contribution in [0.15, 0.2) is 35.1 Å². The lowest BCUT2D eigenvalue weighted by Gasteiger charge is -2.38. The fourth-order valence-corrected chi connectivity index (χ4v) is 3.80. The summed E-state index contributed by atoms with van der Waals surface area (Å²) in [5, 5.41) is 4.09. The molecule has 1 spiro atoms. The molecule has 6 heteroatoms. The lowest BCUT2D eigenvalue weighted by molar-refractivity contribution is -0.0471. The zero-order chi connectivity index (χ0) is 17.1. The summed E-state index contributed by atoms with van der Waals surface area (Å²) in [6.07, 6.45) is 6.92. The molecule has 0 bridgehead atoms. The van der Waals surface area contributed by atoms with E-state index in [1.165, 1.54) is 0 Å². The molecule has 2 aliphatic heterocycles. The fourth-order valence-electron chi connectivity index (χ4n) is 3.80. The minimum Gasteiger partial charge on any atom is -0.372 e. The number of aryl methyl sites for hydroxylation is 1. The molecule has 0 unspecified atom stereocenters. The Hall–Kier alpha value is -1.76. The average molecular weight is 343 g/mol. The SMILES string of the molecule is Cc1cc(CN2CCC3(CC2)C[C@H](OCc2cccnc2)CO3)no1. The number of piperidine rings is 1. The van der Waals surface area contributed by atoms with Crippen molar-refractivity contribution in [2.75, 3.05) is 19.7 Å². The Kier molecular flexibility index (Phi) is 4.83. The summed E-state index contributed by atoms with van der Waals surface area (Å²) in [5.41, 5.74) is 2.12. The van der Waals surface area contributed by atoms with Crippen LogP contribution in [0.5, 0.6) is 0 Å². The van der Waals surface area contributed by atoms with Gasteiger partial charge in [-0.15, -0.1) is 0 Å². The van der Waals surface area contributed by atoms with Crippen LogP contribution in [0.2, 0.25) is 0 Å². The molecule has 2 aliphatic rings. The van der Waals surface area contributed by atoms with Crippen molar-refractivity contribution in [1.82, 2.24) is 15.0 Å². The molecule has 0 saturated carbocycles. The van der Waals surface area contributed by atoms with E-state index in [0.717, 1.165) is 55.9 Å². The summed E-state index contributed by atoms with van der Waals surface area (Å²) in [6, 6.07) is 6.00. The maximum absolute atomic E-state index is 6.18. The minimum atomic E-state index is -0.00412. The third-order valence-electron chi connectivity index (χ3n) is 5.21. The third kappa shape index (κ3) is 4.08. The highest BCUT2D eigenvalue weighted by Gasteiger charge is 2.43. The molecule has 0 aromatic carbocycles. The van der Waals surface area contributed by atoms with Gasteiger partial charge in [-0.05, 0) is 31.4 Å². The normalized spacial score (nSPS) is 23.3. The van der Waals surface area contributed by atoms with Crippen LogP contribution in [0.4, 0.5) is 0 Å². The summed E-state index contributed by atoms with van der Waals surface area (Å²) >= 11 is 0. The number of nitrogens with zero attached hydrogens (tertiary/aromatic N) is 3. The second kappa shape index (κ2) is 7.23. The quantitative estimate of drug-likeness (QED) is 0.832. The maximum Gasteiger partial charge on any atom is 0.133 e. The van der Waals surface area contributed by atoms with Crippen molar-refractivity contribution in [2.24, 2.45) is 0 Å². The van der Waals surface area contributed by atoms with E-state index in [0.29, 0.717) is 13.2 Å². The molecule has 134 valence electrons. The van der Waals surface area contributed by atoms with E-state index < -0.39 is 0 Å². The molecule has 0 N–H and O–H groups in total. The molecule has 4 heterocycles. The van der Waals surface area contributed by atoms with Gasteiger partial charge in [0.25, 0.3) is 0 Å². The number of rotatable bonds is 5. The third-order valence-corrected chi connectivity index (χ3v) is 5.21. The highest BCUT2D eigenvalue weighted by Crippen LogP contribution is 2.37. The van der Waals surface area contributed by atoms with Gasteiger partial charge in [0, 0.05) is 44.5 Å². The van der Waals surface area contributed by atoms with Crippen LogP contribution in [0.3, 0.4) is 0 Å². The van der Waals surface area contributed by atoms with Gasteiger partial charge in [0.2, 0.25) is 0 Å². The largest absolute Gasteiger partial charge is 0.372 e. The first-order chi connectivity index (χ1) is 12.2. The van der Waals surface area contributed by atoms with Gasteiger partial charge in [-0.25, -0.2) is 0 Å². The smallest absolute Gasteiger partial charge is 0.133 e. The number of likely N-dealkylation sites (tertiary alicyclic amines) is 1. The van der Waals surface area contributed by atoms with Gasteiger partial charge in [-0.2, -0.15) is 0 Å². The van der Waals surface area contributed by atoms with Crippen LogP contribution in [-0.4, -0.2) is 46.4 Å². The molecule has 1 atom stereocenters. The number of aromatic nitrogens is 2. The number of hydrogen-bond acceptors (Lipinski definition) is 6. The predicted molar refractivity (Wildman–Crippen MR) is 91.9 cm³/mol. The number of pyridine rings is 1. The molecular weight excluding hydrogens is 318 g/mol. The summed E-state index contributed by atoms with van der Waals surface area (Å²) in [4.78, 5) is 6.56. The molecule has 0 radical (unpaired) electrons. The van der Waals surface area contributed by atoms with Gasteiger partial charge in [-0.1, -0.05) is 11.2 Å². The van der Waals surface area contributed by atoms with Crippen molar-refractivity contribution >= 4 is 0 Å². The summed E-state index contributed by atoms with van der Waals surface area (Å²) in [6.45, 7) is 6.15. The summed E-state index contributed by atoms with van der Waals surface area (Å²) < 4.78 is 17.4. The molecule has 0 amide bonds. The highest BCUT2D eigenvalue weighted by atomic mass is 16.6. The first-order valence-corrected chi connectivity index (χ1v) is 9.00. The first kappa shape index (κ1) is 16.7. The molecule has 2 fully saturated rings. The van der Waals surface area contributed by atoms with E-state index in [-0.39, 0.29) is 11.7 Å². The van der Waals surface area contributed by atoms with E-state index >= 15 is 0 Å². The predicted octanol–water partition coefficient (Wildman–Crippen LogP) is 2.72. The average Bonchev–Trinajstić information content (AvgIpc) is 3.23. The maximum atomic E-state index is 6.18. The van der Waals surface area contributed by atoms with Gasteiger partial charge >= 0.3 is 0 Å². The monoisotopic (exact) mass is 343 g/mol. The Morgan fingerprint density at radius 2 is 2.24 bits per heavy atom. The number of hydrogen-bond donors (Lipinski definition) is 0. The zero-order valence-corrected chi connectivity index (χ0v) is 14.7. The Morgan fingerprint density at radius 3 is 2.96 bits per heavy atom. The van der Waals surface area contributed by atoms with E-state index in [1.54, 1.807) is 6.20 Å². The first-order valence-electron chi connectivity index (χ1n) is 9.00. The lowest BCUT2D eigenvalue weighted by atomic mass is 9.88. The summed E-state index contributed by atoms with van der Waals surface area (Å²) in [7, 11) is 0. The molecule has 2 aromatic heterocycles. The Labute approximate surface area is 148 Å². The Balaban J connectivity index is 1.24. The standard InChI is InChI=1S/C19H25N3O3/c1-15-9-17(21-25-15)12-22-7-4-19(5-8-22)10-18(14-24-19)23-13-16-3-2-6-20-11-16/h2-3,6,9,11,18H,4-5,7-8,10,12-14H2,1H3/t18-/m0/s1. The topological polar surface area (TPSA) is 60.6 Å². The molecule has 25 heavy (non-hydrogen) atoms. The van der Waals surface area contributed by atoms with Crippen molar-refractivity contribution in [3.8, 4) is 0 Å². The van der Waals surface area contributed by atoms with Crippen molar-refractivity contribution in [1.29, 1.82) is 0 Å².